The van der Waals surface area contributed by atoms with E-state index in [2.05, 4.69) is 41.5 Å². The van der Waals surface area contributed by atoms with Gasteiger partial charge in [-0.25, -0.2) is 0 Å². The Morgan fingerprint density at radius 1 is 1.23 bits per heavy atom. The van der Waals surface area contributed by atoms with Crippen LogP contribution in [0.25, 0.3) is 0 Å². The highest BCUT2D eigenvalue weighted by Gasteiger charge is 2.53. The first-order valence-corrected chi connectivity index (χ1v) is 11.1. The summed E-state index contributed by atoms with van der Waals surface area (Å²) in [5.41, 5.74) is 3.16. The first kappa shape index (κ1) is 19.7. The Labute approximate surface area is 177 Å². The van der Waals surface area contributed by atoms with Gasteiger partial charge in [-0.15, -0.1) is 0 Å². The molecule has 30 heavy (non-hydrogen) atoms. The molecule has 0 bridgehead atoms. The van der Waals surface area contributed by atoms with Crippen molar-refractivity contribution in [2.45, 2.75) is 70.2 Å². The quantitative estimate of drug-likeness (QED) is 0.734. The van der Waals surface area contributed by atoms with Gasteiger partial charge >= 0.3 is 0 Å². The SMILES string of the molecule is CC(C)C1NCC12CCCN2Cc1ccc2c(c1)CN(C1CCC(=O)NC1=O)C2=O. The molecule has 1 spiro atoms. The minimum absolute atomic E-state index is 0.105. The summed E-state index contributed by atoms with van der Waals surface area (Å²) >= 11 is 0. The molecule has 0 aromatic heterocycles. The number of nitrogens with zero attached hydrogens (tertiary/aromatic N) is 2. The normalized spacial score (nSPS) is 31.4. The van der Waals surface area contributed by atoms with Crippen LogP contribution < -0.4 is 10.6 Å². The predicted octanol–water partition coefficient (Wildman–Crippen LogP) is 1.41. The monoisotopic (exact) mass is 410 g/mol. The van der Waals surface area contributed by atoms with Crippen molar-refractivity contribution in [2.24, 2.45) is 5.92 Å². The summed E-state index contributed by atoms with van der Waals surface area (Å²) < 4.78 is 0. The van der Waals surface area contributed by atoms with Gasteiger partial charge in [-0.05, 0) is 48.9 Å². The lowest BCUT2D eigenvalue weighted by molar-refractivity contribution is -0.136. The third kappa shape index (κ3) is 2.98. The first-order chi connectivity index (χ1) is 14.4. The average Bonchev–Trinajstić information content (AvgIpc) is 3.23. The van der Waals surface area contributed by atoms with Gasteiger partial charge in [-0.2, -0.15) is 0 Å². The maximum absolute atomic E-state index is 12.9. The maximum Gasteiger partial charge on any atom is 0.255 e. The molecular weight excluding hydrogens is 380 g/mol. The summed E-state index contributed by atoms with van der Waals surface area (Å²) in [5.74, 6) is -0.109. The molecule has 7 nitrogen and oxygen atoms in total. The van der Waals surface area contributed by atoms with E-state index in [1.165, 1.54) is 18.4 Å². The fraction of sp³-hybridized carbons (Fsp3) is 0.609. The fourth-order valence-corrected chi connectivity index (χ4v) is 6.00. The zero-order valence-electron chi connectivity index (χ0n) is 17.7. The van der Waals surface area contributed by atoms with Gasteiger partial charge in [0, 0.05) is 43.2 Å². The van der Waals surface area contributed by atoms with Gasteiger partial charge in [0.15, 0.2) is 0 Å². The van der Waals surface area contributed by atoms with Crippen molar-refractivity contribution in [2.75, 3.05) is 13.1 Å². The molecule has 4 aliphatic rings. The van der Waals surface area contributed by atoms with E-state index in [0.717, 1.165) is 25.2 Å². The summed E-state index contributed by atoms with van der Waals surface area (Å²) in [6, 6.07) is 6.11. The average molecular weight is 411 g/mol. The predicted molar refractivity (Wildman–Crippen MR) is 111 cm³/mol. The van der Waals surface area contributed by atoms with Crippen LogP contribution in [0.3, 0.4) is 0 Å². The van der Waals surface area contributed by atoms with Crippen molar-refractivity contribution in [3.05, 3.63) is 34.9 Å². The maximum atomic E-state index is 12.9. The lowest BCUT2D eigenvalue weighted by atomic mass is 9.74. The molecule has 3 atom stereocenters. The van der Waals surface area contributed by atoms with Gasteiger partial charge in [-0.3, -0.25) is 24.6 Å². The van der Waals surface area contributed by atoms with Crippen LogP contribution >= 0.6 is 0 Å². The van der Waals surface area contributed by atoms with Crippen molar-refractivity contribution in [1.82, 2.24) is 20.4 Å². The van der Waals surface area contributed by atoms with Crippen molar-refractivity contribution in [3.63, 3.8) is 0 Å². The van der Waals surface area contributed by atoms with Crippen LogP contribution in [0.15, 0.2) is 18.2 Å². The smallest absolute Gasteiger partial charge is 0.255 e. The Bertz CT molecular complexity index is 914. The highest BCUT2D eigenvalue weighted by molar-refractivity contribution is 6.05. The van der Waals surface area contributed by atoms with E-state index in [0.29, 0.717) is 30.5 Å². The molecule has 1 aromatic carbocycles. The molecule has 4 heterocycles. The lowest BCUT2D eigenvalue weighted by Crippen LogP contribution is -2.74. The number of fused-ring (bicyclic) bond motifs is 1. The van der Waals surface area contributed by atoms with E-state index in [-0.39, 0.29) is 29.7 Å². The van der Waals surface area contributed by atoms with Crippen molar-refractivity contribution >= 4 is 17.7 Å². The number of carbonyl (C=O) groups excluding carboxylic acids is 3. The number of imide groups is 1. The number of likely N-dealkylation sites (tertiary alicyclic amines) is 1. The zero-order valence-corrected chi connectivity index (χ0v) is 17.7. The fourth-order valence-electron chi connectivity index (χ4n) is 6.00. The molecule has 3 amide bonds. The van der Waals surface area contributed by atoms with E-state index in [9.17, 15) is 14.4 Å². The molecule has 1 aromatic rings. The van der Waals surface area contributed by atoms with Crippen LogP contribution in [-0.2, 0) is 22.7 Å². The van der Waals surface area contributed by atoms with E-state index in [1.54, 1.807) is 4.90 Å². The molecule has 0 saturated carbocycles. The third-order valence-electron chi connectivity index (χ3n) is 7.50. The highest BCUT2D eigenvalue weighted by Crippen LogP contribution is 2.41. The third-order valence-corrected chi connectivity index (χ3v) is 7.50. The van der Waals surface area contributed by atoms with Crippen molar-refractivity contribution in [3.8, 4) is 0 Å². The molecule has 2 N–H and O–H groups in total. The highest BCUT2D eigenvalue weighted by atomic mass is 16.2. The number of hydrogen-bond acceptors (Lipinski definition) is 5. The van der Waals surface area contributed by atoms with Crippen LogP contribution in [0.4, 0.5) is 0 Å². The molecule has 4 aliphatic heterocycles. The molecule has 0 radical (unpaired) electrons. The van der Waals surface area contributed by atoms with Gasteiger partial charge in [0.2, 0.25) is 11.8 Å². The van der Waals surface area contributed by atoms with Gasteiger partial charge < -0.3 is 10.2 Å². The molecule has 3 unspecified atom stereocenters. The number of carbonyl (C=O) groups is 3. The minimum Gasteiger partial charge on any atom is -0.322 e. The number of amides is 3. The van der Waals surface area contributed by atoms with Crippen molar-refractivity contribution < 1.29 is 14.4 Å². The topological polar surface area (TPSA) is 81.8 Å². The van der Waals surface area contributed by atoms with Crippen molar-refractivity contribution in [1.29, 1.82) is 0 Å². The molecule has 3 saturated heterocycles. The second-order valence-electron chi connectivity index (χ2n) is 9.62. The van der Waals surface area contributed by atoms with Crippen LogP contribution in [0.2, 0.25) is 0 Å². The molecule has 5 rings (SSSR count). The molecule has 7 heteroatoms. The van der Waals surface area contributed by atoms with Crippen LogP contribution in [0.5, 0.6) is 0 Å². The summed E-state index contributed by atoms with van der Waals surface area (Å²) in [6.45, 7) is 8.09. The number of piperidine rings is 1. The zero-order chi connectivity index (χ0) is 21.0. The molecule has 0 aliphatic carbocycles. The number of hydrogen-bond donors (Lipinski definition) is 2. The van der Waals surface area contributed by atoms with Crippen LogP contribution in [0.1, 0.15) is 61.0 Å². The number of rotatable bonds is 4. The van der Waals surface area contributed by atoms with Gasteiger partial charge in [0.25, 0.3) is 5.91 Å². The Morgan fingerprint density at radius 3 is 2.77 bits per heavy atom. The van der Waals surface area contributed by atoms with Gasteiger partial charge in [-0.1, -0.05) is 26.0 Å². The van der Waals surface area contributed by atoms with Crippen LogP contribution in [0, 0.1) is 5.92 Å². The Morgan fingerprint density at radius 2 is 2.07 bits per heavy atom. The standard InChI is InChI=1S/C23H30N4O3/c1-14(2)20-23(13-24-20)8-3-9-26(23)11-15-4-5-17-16(10-15)12-27(22(17)30)18-6-7-19(28)25-21(18)29/h4-5,10,14,18,20,24H,3,6-9,11-13H2,1-2H3,(H,25,28,29). The second-order valence-corrected chi connectivity index (χ2v) is 9.62. The van der Waals surface area contributed by atoms with E-state index >= 15 is 0 Å². The van der Waals surface area contributed by atoms with Crippen LogP contribution in [-0.4, -0.2) is 58.2 Å². The molecule has 3 fully saturated rings. The largest absolute Gasteiger partial charge is 0.322 e. The Hall–Kier alpha value is -2.25. The summed E-state index contributed by atoms with van der Waals surface area (Å²) in [5, 5.41) is 6.00. The summed E-state index contributed by atoms with van der Waals surface area (Å²) in [7, 11) is 0. The Kier molecular flexibility index (Phi) is 4.71. The van der Waals surface area contributed by atoms with E-state index in [4.69, 9.17) is 0 Å². The minimum atomic E-state index is -0.555. The number of nitrogens with one attached hydrogen (secondary N) is 2. The van der Waals surface area contributed by atoms with Gasteiger partial charge in [0.1, 0.15) is 6.04 Å². The lowest BCUT2D eigenvalue weighted by Gasteiger charge is -2.55. The second kappa shape index (κ2) is 7.17. The first-order valence-electron chi connectivity index (χ1n) is 11.1. The summed E-state index contributed by atoms with van der Waals surface area (Å²) in [4.78, 5) is 40.8. The van der Waals surface area contributed by atoms with E-state index < -0.39 is 6.04 Å². The Balaban J connectivity index is 1.33. The number of benzene rings is 1. The van der Waals surface area contributed by atoms with E-state index in [1.807, 2.05) is 6.07 Å². The van der Waals surface area contributed by atoms with Gasteiger partial charge in [0.05, 0.1) is 0 Å². The molecule has 160 valence electrons. The summed E-state index contributed by atoms with van der Waals surface area (Å²) in [6.07, 6.45) is 3.16. The molecular formula is C23H30N4O3.